The molecule has 0 unspecified atom stereocenters. The monoisotopic (exact) mass is 454 g/mol. The van der Waals surface area contributed by atoms with E-state index in [1.165, 1.54) is 0 Å². The third kappa shape index (κ3) is 4.99. The summed E-state index contributed by atoms with van der Waals surface area (Å²) >= 11 is 0. The predicted molar refractivity (Wildman–Crippen MR) is 144 cm³/mol. The number of nitrogens with zero attached hydrogens (tertiary/aromatic N) is 1. The molecule has 5 rings (SSSR count). The first kappa shape index (κ1) is 22.2. The van der Waals surface area contributed by atoms with Crippen LogP contribution in [0.3, 0.4) is 0 Å². The zero-order valence-corrected chi connectivity index (χ0v) is 19.3. The molecule has 0 heterocycles. The Morgan fingerprint density at radius 1 is 0.514 bits per heavy atom. The summed E-state index contributed by atoms with van der Waals surface area (Å²) in [5.41, 5.74) is 7.37. The molecule has 0 amide bonds. The number of nitrogens with one attached hydrogen (secondary N) is 1. The highest BCUT2D eigenvalue weighted by Gasteiger charge is 2.38. The van der Waals surface area contributed by atoms with Gasteiger partial charge in [-0.25, -0.2) is 0 Å². The number of hydrazone groups is 1. The number of hydrogen-bond acceptors (Lipinski definition) is 3. The predicted octanol–water partition coefficient (Wildman–Crippen LogP) is 7.50. The van der Waals surface area contributed by atoms with E-state index in [0.717, 1.165) is 33.7 Å². The number of hydrogen-bond donors (Lipinski definition) is 1. The zero-order valence-electron chi connectivity index (χ0n) is 19.3. The van der Waals surface area contributed by atoms with Gasteiger partial charge in [-0.05, 0) is 42.0 Å². The average molecular weight is 455 g/mol. The molecular weight excluding hydrogens is 428 g/mol. The summed E-state index contributed by atoms with van der Waals surface area (Å²) < 4.78 is 6.93. The van der Waals surface area contributed by atoms with Gasteiger partial charge >= 0.3 is 0 Å². The maximum atomic E-state index is 6.93. The summed E-state index contributed by atoms with van der Waals surface area (Å²) in [6, 6.07) is 49.0. The number of anilines is 1. The maximum Gasteiger partial charge on any atom is 0.184 e. The summed E-state index contributed by atoms with van der Waals surface area (Å²) in [7, 11) is 0. The van der Waals surface area contributed by atoms with Crippen LogP contribution in [-0.2, 0) is 5.60 Å². The first-order chi connectivity index (χ1) is 17.3. The van der Waals surface area contributed by atoms with Crippen LogP contribution in [0.1, 0.15) is 22.3 Å². The molecule has 0 bridgehead atoms. The van der Waals surface area contributed by atoms with Crippen molar-refractivity contribution in [2.75, 3.05) is 5.43 Å². The highest BCUT2D eigenvalue weighted by molar-refractivity contribution is 5.80. The molecule has 0 fully saturated rings. The van der Waals surface area contributed by atoms with E-state index in [2.05, 4.69) is 83.3 Å². The first-order valence-corrected chi connectivity index (χ1v) is 11.6. The Labute approximate surface area is 206 Å². The molecule has 0 saturated heterocycles. The van der Waals surface area contributed by atoms with Crippen molar-refractivity contribution >= 4 is 11.9 Å². The van der Waals surface area contributed by atoms with Gasteiger partial charge in [0.05, 0.1) is 11.9 Å². The number of rotatable bonds is 8. The van der Waals surface area contributed by atoms with Gasteiger partial charge in [-0.2, -0.15) is 5.10 Å². The molecule has 0 aromatic heterocycles. The smallest absolute Gasteiger partial charge is 0.184 e. The van der Waals surface area contributed by atoms with Crippen LogP contribution < -0.4 is 10.2 Å². The van der Waals surface area contributed by atoms with E-state index in [0.29, 0.717) is 0 Å². The number of benzene rings is 5. The Hall–Kier alpha value is -4.63. The van der Waals surface area contributed by atoms with E-state index in [1.807, 2.05) is 72.8 Å². The topological polar surface area (TPSA) is 33.6 Å². The Balaban J connectivity index is 1.50. The van der Waals surface area contributed by atoms with Gasteiger partial charge in [0, 0.05) is 16.7 Å². The van der Waals surface area contributed by atoms with Gasteiger partial charge in [0.1, 0.15) is 5.75 Å². The third-order valence-electron chi connectivity index (χ3n) is 5.87. The van der Waals surface area contributed by atoms with Crippen molar-refractivity contribution in [3.63, 3.8) is 0 Å². The summed E-state index contributed by atoms with van der Waals surface area (Å²) in [4.78, 5) is 0. The molecule has 170 valence electrons. The van der Waals surface area contributed by atoms with Crippen LogP contribution in [0.25, 0.3) is 0 Å². The molecule has 1 N–H and O–H groups in total. The Bertz CT molecular complexity index is 1250. The SMILES string of the molecule is C(=NNc1ccccc1)c1ccc(OC(c2ccccc2)(c2ccccc2)c2ccccc2)cc1. The lowest BCUT2D eigenvalue weighted by molar-refractivity contribution is 0.155. The van der Waals surface area contributed by atoms with E-state index in [9.17, 15) is 0 Å². The van der Waals surface area contributed by atoms with Crippen molar-refractivity contribution in [2.45, 2.75) is 5.60 Å². The van der Waals surface area contributed by atoms with Gasteiger partial charge in [0.25, 0.3) is 0 Å². The molecule has 0 spiro atoms. The summed E-state index contributed by atoms with van der Waals surface area (Å²) in [6.45, 7) is 0. The van der Waals surface area contributed by atoms with Crippen LogP contribution >= 0.6 is 0 Å². The van der Waals surface area contributed by atoms with E-state index in [4.69, 9.17) is 4.74 Å². The lowest BCUT2D eigenvalue weighted by Gasteiger charge is -2.36. The standard InChI is InChI=1S/C32H26N2O/c1-5-13-27(14-6-1)32(28-15-7-2-8-16-28,29-17-9-3-10-18-29)35-31-23-21-26(22-24-31)25-33-34-30-19-11-4-12-20-30/h1-25,34H. The molecule has 0 aliphatic rings. The van der Waals surface area contributed by atoms with Crippen LogP contribution in [-0.4, -0.2) is 6.21 Å². The molecule has 35 heavy (non-hydrogen) atoms. The molecule has 3 nitrogen and oxygen atoms in total. The van der Waals surface area contributed by atoms with Crippen LogP contribution in [0.15, 0.2) is 151 Å². The molecule has 5 aromatic rings. The van der Waals surface area contributed by atoms with E-state index in [1.54, 1.807) is 6.21 Å². The van der Waals surface area contributed by atoms with Crippen molar-refractivity contribution in [2.24, 2.45) is 5.10 Å². The summed E-state index contributed by atoms with van der Waals surface area (Å²) in [5, 5.41) is 4.34. The molecule has 0 aliphatic heterocycles. The van der Waals surface area contributed by atoms with Crippen molar-refractivity contribution < 1.29 is 4.74 Å². The quantitative estimate of drug-likeness (QED) is 0.150. The van der Waals surface area contributed by atoms with Crippen LogP contribution in [0.4, 0.5) is 5.69 Å². The van der Waals surface area contributed by atoms with Crippen molar-refractivity contribution in [3.05, 3.63) is 168 Å². The van der Waals surface area contributed by atoms with Crippen LogP contribution in [0.2, 0.25) is 0 Å². The Kier molecular flexibility index (Phi) is 6.67. The molecule has 0 radical (unpaired) electrons. The summed E-state index contributed by atoms with van der Waals surface area (Å²) in [5.74, 6) is 0.773. The molecule has 0 aliphatic carbocycles. The van der Waals surface area contributed by atoms with Gasteiger partial charge in [-0.1, -0.05) is 109 Å². The Morgan fingerprint density at radius 3 is 1.40 bits per heavy atom. The van der Waals surface area contributed by atoms with E-state index >= 15 is 0 Å². The highest BCUT2D eigenvalue weighted by Crippen LogP contribution is 2.41. The lowest BCUT2D eigenvalue weighted by Crippen LogP contribution is -2.36. The van der Waals surface area contributed by atoms with Crippen molar-refractivity contribution in [1.82, 2.24) is 0 Å². The minimum absolute atomic E-state index is 0.773. The minimum atomic E-state index is -0.797. The molecular formula is C32H26N2O. The maximum absolute atomic E-state index is 6.93. The molecule has 3 heteroatoms. The van der Waals surface area contributed by atoms with Crippen LogP contribution in [0.5, 0.6) is 5.75 Å². The fraction of sp³-hybridized carbons (Fsp3) is 0.0312. The lowest BCUT2D eigenvalue weighted by atomic mass is 9.80. The second-order valence-electron chi connectivity index (χ2n) is 8.19. The molecule has 0 atom stereocenters. The van der Waals surface area contributed by atoms with Gasteiger partial charge < -0.3 is 4.74 Å². The molecule has 0 saturated carbocycles. The van der Waals surface area contributed by atoms with Crippen molar-refractivity contribution in [1.29, 1.82) is 0 Å². The minimum Gasteiger partial charge on any atom is -0.473 e. The first-order valence-electron chi connectivity index (χ1n) is 11.6. The van der Waals surface area contributed by atoms with Crippen LogP contribution in [0, 0.1) is 0 Å². The van der Waals surface area contributed by atoms with Crippen molar-refractivity contribution in [3.8, 4) is 5.75 Å². The second-order valence-corrected chi connectivity index (χ2v) is 8.19. The van der Waals surface area contributed by atoms with Gasteiger partial charge in [0.15, 0.2) is 5.60 Å². The number of ether oxygens (including phenoxy) is 1. The largest absolute Gasteiger partial charge is 0.473 e. The fourth-order valence-electron chi connectivity index (χ4n) is 4.19. The Morgan fingerprint density at radius 2 is 0.943 bits per heavy atom. The van der Waals surface area contributed by atoms with E-state index < -0.39 is 5.60 Å². The zero-order chi connectivity index (χ0) is 23.8. The number of para-hydroxylation sites is 1. The van der Waals surface area contributed by atoms with E-state index in [-0.39, 0.29) is 0 Å². The highest BCUT2D eigenvalue weighted by atomic mass is 16.5. The fourth-order valence-corrected chi connectivity index (χ4v) is 4.19. The average Bonchev–Trinajstić information content (AvgIpc) is 2.95. The van der Waals surface area contributed by atoms with Gasteiger partial charge in [-0.3, -0.25) is 5.43 Å². The third-order valence-corrected chi connectivity index (χ3v) is 5.87. The van der Waals surface area contributed by atoms with Gasteiger partial charge in [-0.15, -0.1) is 0 Å². The summed E-state index contributed by atoms with van der Waals surface area (Å²) in [6.07, 6.45) is 1.80. The normalized spacial score (nSPS) is 11.3. The second kappa shape index (κ2) is 10.5. The molecule has 5 aromatic carbocycles. The van der Waals surface area contributed by atoms with Gasteiger partial charge in [0.2, 0.25) is 0 Å².